The van der Waals surface area contributed by atoms with Gasteiger partial charge in [-0.2, -0.15) is 0 Å². The number of urea groups is 1. The maximum atomic E-state index is 12.2. The molecule has 0 heterocycles. The normalized spacial score (nSPS) is 15.6. The molecule has 0 spiro atoms. The Morgan fingerprint density at radius 2 is 1.78 bits per heavy atom. The van der Waals surface area contributed by atoms with Crippen LogP contribution in [0.3, 0.4) is 0 Å². The van der Waals surface area contributed by atoms with Gasteiger partial charge < -0.3 is 21.1 Å². The summed E-state index contributed by atoms with van der Waals surface area (Å²) in [6, 6.07) is 9.16. The highest BCUT2D eigenvalue weighted by atomic mass is 16.4. The molecule has 1 saturated carbocycles. The zero-order valence-electron chi connectivity index (χ0n) is 15.6. The highest BCUT2D eigenvalue weighted by Gasteiger charge is 2.18. The molecule has 27 heavy (non-hydrogen) atoms. The Labute approximate surface area is 159 Å². The molecule has 1 aliphatic carbocycles. The van der Waals surface area contributed by atoms with Crippen LogP contribution in [0, 0.1) is 0 Å². The predicted molar refractivity (Wildman–Crippen MR) is 102 cm³/mol. The van der Waals surface area contributed by atoms with E-state index in [1.807, 2.05) is 30.3 Å². The molecule has 0 aromatic heterocycles. The maximum Gasteiger partial charge on any atom is 0.315 e. The molecular formula is C20H29N3O4. The van der Waals surface area contributed by atoms with Crippen LogP contribution >= 0.6 is 0 Å². The van der Waals surface area contributed by atoms with E-state index < -0.39 is 5.97 Å². The van der Waals surface area contributed by atoms with E-state index in [1.54, 1.807) is 0 Å². The van der Waals surface area contributed by atoms with E-state index in [9.17, 15) is 14.4 Å². The van der Waals surface area contributed by atoms with Gasteiger partial charge in [0.1, 0.15) is 0 Å². The first-order chi connectivity index (χ1) is 13.0. The minimum atomic E-state index is -0.896. The Kier molecular flexibility index (Phi) is 8.61. The molecule has 0 aliphatic heterocycles. The Morgan fingerprint density at radius 3 is 2.44 bits per heavy atom. The van der Waals surface area contributed by atoms with Crippen molar-refractivity contribution in [1.82, 2.24) is 16.0 Å². The number of rotatable bonds is 9. The summed E-state index contributed by atoms with van der Waals surface area (Å²) in [6.45, 7) is -0.128. The lowest BCUT2D eigenvalue weighted by Gasteiger charge is -2.23. The van der Waals surface area contributed by atoms with E-state index in [-0.39, 0.29) is 37.0 Å². The monoisotopic (exact) mass is 375 g/mol. The van der Waals surface area contributed by atoms with Gasteiger partial charge in [-0.1, -0.05) is 49.6 Å². The lowest BCUT2D eigenvalue weighted by Crippen LogP contribution is -2.48. The van der Waals surface area contributed by atoms with Crippen molar-refractivity contribution in [3.63, 3.8) is 0 Å². The molecule has 2 rings (SSSR count). The second-order valence-corrected chi connectivity index (χ2v) is 7.05. The van der Waals surface area contributed by atoms with Gasteiger partial charge in [0.05, 0.1) is 6.54 Å². The summed E-state index contributed by atoms with van der Waals surface area (Å²) in [5, 5.41) is 17.2. The van der Waals surface area contributed by atoms with E-state index in [0.717, 1.165) is 31.2 Å². The average molecular weight is 375 g/mol. The van der Waals surface area contributed by atoms with E-state index in [4.69, 9.17) is 5.11 Å². The third-order valence-electron chi connectivity index (χ3n) is 4.75. The first kappa shape index (κ1) is 20.7. The average Bonchev–Trinajstić information content (AvgIpc) is 2.66. The maximum absolute atomic E-state index is 12.2. The van der Waals surface area contributed by atoms with Gasteiger partial charge in [0.2, 0.25) is 5.91 Å². The fraction of sp³-hybridized carbons (Fsp3) is 0.550. The van der Waals surface area contributed by atoms with E-state index in [2.05, 4.69) is 16.0 Å². The number of hydrogen-bond donors (Lipinski definition) is 4. The second kappa shape index (κ2) is 11.2. The molecule has 1 fully saturated rings. The van der Waals surface area contributed by atoms with E-state index in [1.165, 1.54) is 6.42 Å². The highest BCUT2D eigenvalue weighted by molar-refractivity contribution is 5.84. The van der Waals surface area contributed by atoms with Gasteiger partial charge in [0.15, 0.2) is 0 Å². The van der Waals surface area contributed by atoms with Crippen molar-refractivity contribution in [2.24, 2.45) is 0 Å². The van der Waals surface area contributed by atoms with Gasteiger partial charge in [0.25, 0.3) is 0 Å². The van der Waals surface area contributed by atoms with Crippen molar-refractivity contribution >= 4 is 17.9 Å². The Hall–Kier alpha value is -2.57. The van der Waals surface area contributed by atoms with Crippen LogP contribution in [0.1, 0.15) is 50.5 Å². The first-order valence-electron chi connectivity index (χ1n) is 9.62. The van der Waals surface area contributed by atoms with Crippen LogP contribution in [-0.4, -0.2) is 41.6 Å². The lowest BCUT2D eigenvalue weighted by molar-refractivity contribution is -0.137. The van der Waals surface area contributed by atoms with Crippen LogP contribution in [0.25, 0.3) is 0 Å². The Balaban J connectivity index is 1.77. The highest BCUT2D eigenvalue weighted by Crippen LogP contribution is 2.17. The Morgan fingerprint density at radius 1 is 1.07 bits per heavy atom. The van der Waals surface area contributed by atoms with Crippen molar-refractivity contribution in [2.75, 3.05) is 6.54 Å². The number of carbonyl (C=O) groups excluding carboxylic acids is 2. The standard InChI is InChI=1S/C20H29N3O4/c24-18(14-21-20(27)23-16-9-5-2-6-10-16)22-17(11-12-19(25)26)13-15-7-3-1-4-8-15/h1,3-4,7-8,16-17H,2,5-6,9-14H2,(H,22,24)(H,25,26)(H2,21,23,27). The fourth-order valence-electron chi connectivity index (χ4n) is 3.34. The van der Waals surface area contributed by atoms with Gasteiger partial charge in [-0.15, -0.1) is 0 Å². The van der Waals surface area contributed by atoms with Gasteiger partial charge in [-0.05, 0) is 31.2 Å². The number of carboxylic acids is 1. The number of hydrogen-bond acceptors (Lipinski definition) is 3. The smallest absolute Gasteiger partial charge is 0.315 e. The van der Waals surface area contributed by atoms with Crippen LogP contribution < -0.4 is 16.0 Å². The molecule has 1 atom stereocenters. The summed E-state index contributed by atoms with van der Waals surface area (Å²) >= 11 is 0. The summed E-state index contributed by atoms with van der Waals surface area (Å²) < 4.78 is 0. The van der Waals surface area contributed by atoms with Gasteiger partial charge in [-0.25, -0.2) is 4.79 Å². The molecule has 148 valence electrons. The molecule has 1 unspecified atom stereocenters. The van der Waals surface area contributed by atoms with Crippen molar-refractivity contribution in [2.45, 2.75) is 63.5 Å². The van der Waals surface area contributed by atoms with Crippen LogP contribution in [0.4, 0.5) is 4.79 Å². The summed E-state index contributed by atoms with van der Waals surface area (Å²) in [7, 11) is 0. The number of amides is 3. The zero-order chi connectivity index (χ0) is 19.5. The van der Waals surface area contributed by atoms with Crippen molar-refractivity contribution in [3.05, 3.63) is 35.9 Å². The molecule has 1 aromatic rings. The molecule has 4 N–H and O–H groups in total. The van der Waals surface area contributed by atoms with Gasteiger partial charge in [-0.3, -0.25) is 9.59 Å². The molecule has 0 bridgehead atoms. The van der Waals surface area contributed by atoms with Crippen LogP contribution in [-0.2, 0) is 16.0 Å². The molecule has 3 amide bonds. The van der Waals surface area contributed by atoms with Crippen molar-refractivity contribution in [1.29, 1.82) is 0 Å². The molecule has 7 heteroatoms. The first-order valence-corrected chi connectivity index (χ1v) is 9.62. The van der Waals surface area contributed by atoms with Crippen LogP contribution in [0.2, 0.25) is 0 Å². The minimum absolute atomic E-state index is 0.0205. The molecule has 0 saturated heterocycles. The van der Waals surface area contributed by atoms with Crippen LogP contribution in [0.15, 0.2) is 30.3 Å². The number of benzene rings is 1. The summed E-state index contributed by atoms with van der Waals surface area (Å²) in [5.41, 5.74) is 1.02. The molecule has 1 aromatic carbocycles. The van der Waals surface area contributed by atoms with Crippen LogP contribution in [0.5, 0.6) is 0 Å². The number of carbonyl (C=O) groups is 3. The zero-order valence-corrected chi connectivity index (χ0v) is 15.6. The SMILES string of the molecule is O=C(O)CCC(Cc1ccccc1)NC(=O)CNC(=O)NC1CCCCC1. The Bertz CT molecular complexity index is 615. The van der Waals surface area contributed by atoms with E-state index in [0.29, 0.717) is 12.8 Å². The fourth-order valence-corrected chi connectivity index (χ4v) is 3.34. The number of aliphatic carboxylic acids is 1. The van der Waals surface area contributed by atoms with Crippen molar-refractivity contribution in [3.8, 4) is 0 Å². The number of nitrogens with one attached hydrogen (secondary N) is 3. The summed E-state index contributed by atoms with van der Waals surface area (Å²) in [5.74, 6) is -1.22. The molecule has 1 aliphatic rings. The predicted octanol–water partition coefficient (Wildman–Crippen LogP) is 2.21. The van der Waals surface area contributed by atoms with Gasteiger partial charge >= 0.3 is 12.0 Å². The number of carboxylic acid groups (broad SMARTS) is 1. The summed E-state index contributed by atoms with van der Waals surface area (Å²) in [6.07, 6.45) is 6.28. The second-order valence-electron chi connectivity index (χ2n) is 7.05. The quantitative estimate of drug-likeness (QED) is 0.531. The third-order valence-corrected chi connectivity index (χ3v) is 4.75. The van der Waals surface area contributed by atoms with Gasteiger partial charge in [0, 0.05) is 18.5 Å². The third kappa shape index (κ3) is 8.57. The topological polar surface area (TPSA) is 108 Å². The van der Waals surface area contributed by atoms with E-state index >= 15 is 0 Å². The summed E-state index contributed by atoms with van der Waals surface area (Å²) in [4.78, 5) is 35.0. The molecule has 0 radical (unpaired) electrons. The molecular weight excluding hydrogens is 346 g/mol. The lowest BCUT2D eigenvalue weighted by atomic mass is 9.96. The minimum Gasteiger partial charge on any atom is -0.481 e. The van der Waals surface area contributed by atoms with Crippen molar-refractivity contribution < 1.29 is 19.5 Å². The largest absolute Gasteiger partial charge is 0.481 e. The molecule has 7 nitrogen and oxygen atoms in total.